The third-order valence-electron chi connectivity index (χ3n) is 3.86. The van der Waals surface area contributed by atoms with Crippen molar-refractivity contribution >= 4 is 16.9 Å². The van der Waals surface area contributed by atoms with E-state index in [1.54, 1.807) is 14.2 Å². The van der Waals surface area contributed by atoms with Crippen molar-refractivity contribution in [1.82, 2.24) is 10.2 Å². The summed E-state index contributed by atoms with van der Waals surface area (Å²) in [7, 11) is 3.15. The number of hydrogen-bond acceptors (Lipinski definition) is 5. The molecule has 0 aliphatic rings. The van der Waals surface area contributed by atoms with Crippen LogP contribution < -0.4 is 9.47 Å². The number of nitrogens with zero attached hydrogens (tertiary/aromatic N) is 1. The summed E-state index contributed by atoms with van der Waals surface area (Å²) in [6.45, 7) is 2.06. The summed E-state index contributed by atoms with van der Waals surface area (Å²) in [5.41, 5.74) is 2.88. The third kappa shape index (κ3) is 2.90. The van der Waals surface area contributed by atoms with Crippen LogP contribution in [0.5, 0.6) is 11.5 Å². The number of esters is 1. The van der Waals surface area contributed by atoms with E-state index >= 15 is 0 Å². The number of aryl methyl sites for hydroxylation is 1. The number of H-pyrrole nitrogens is 1. The SMILES string of the molecule is COc1cc(C)c(COC(=O)c2n[nH]c3ccccc23)cc1OC. The van der Waals surface area contributed by atoms with Crippen LogP contribution in [0.25, 0.3) is 10.9 Å². The smallest absolute Gasteiger partial charge is 0.359 e. The van der Waals surface area contributed by atoms with E-state index in [1.807, 2.05) is 43.3 Å². The molecule has 1 N–H and O–H groups in total. The minimum Gasteiger partial charge on any atom is -0.493 e. The van der Waals surface area contributed by atoms with E-state index < -0.39 is 5.97 Å². The molecule has 3 rings (SSSR count). The minimum atomic E-state index is -0.471. The highest BCUT2D eigenvalue weighted by Gasteiger charge is 2.16. The second-order valence-electron chi connectivity index (χ2n) is 5.33. The number of aromatic nitrogens is 2. The molecular weight excluding hydrogens is 308 g/mol. The van der Waals surface area contributed by atoms with Crippen molar-refractivity contribution in [2.24, 2.45) is 0 Å². The molecule has 3 aromatic rings. The van der Waals surface area contributed by atoms with Gasteiger partial charge in [0.1, 0.15) is 6.61 Å². The molecule has 124 valence electrons. The lowest BCUT2D eigenvalue weighted by Gasteiger charge is -2.12. The van der Waals surface area contributed by atoms with Crippen molar-refractivity contribution in [3.8, 4) is 11.5 Å². The Labute approximate surface area is 139 Å². The van der Waals surface area contributed by atoms with E-state index in [9.17, 15) is 4.79 Å². The van der Waals surface area contributed by atoms with Crippen LogP contribution >= 0.6 is 0 Å². The van der Waals surface area contributed by atoms with Gasteiger partial charge in [-0.25, -0.2) is 4.79 Å². The fraction of sp³-hybridized carbons (Fsp3) is 0.222. The lowest BCUT2D eigenvalue weighted by atomic mass is 10.1. The number of carbonyl (C=O) groups excluding carboxylic acids is 1. The standard InChI is InChI=1S/C18H18N2O4/c1-11-8-15(22-2)16(23-3)9-12(11)10-24-18(21)17-13-6-4-5-7-14(13)19-20-17/h4-9H,10H2,1-3H3,(H,19,20). The molecule has 1 heterocycles. The average Bonchev–Trinajstić information content (AvgIpc) is 3.04. The largest absolute Gasteiger partial charge is 0.493 e. The summed E-state index contributed by atoms with van der Waals surface area (Å²) in [6, 6.07) is 11.1. The van der Waals surface area contributed by atoms with Gasteiger partial charge in [0.25, 0.3) is 0 Å². The Balaban J connectivity index is 1.79. The first kappa shape index (κ1) is 15.9. The average molecular weight is 326 g/mol. The number of hydrogen-bond donors (Lipinski definition) is 1. The van der Waals surface area contributed by atoms with E-state index in [4.69, 9.17) is 14.2 Å². The molecule has 0 radical (unpaired) electrons. The molecule has 0 spiro atoms. The molecule has 6 nitrogen and oxygen atoms in total. The van der Waals surface area contributed by atoms with Crippen LogP contribution in [0.3, 0.4) is 0 Å². The Morgan fingerprint density at radius 2 is 1.83 bits per heavy atom. The topological polar surface area (TPSA) is 73.4 Å². The molecule has 0 unspecified atom stereocenters. The second kappa shape index (κ2) is 6.62. The Morgan fingerprint density at radius 1 is 1.12 bits per heavy atom. The zero-order valence-electron chi connectivity index (χ0n) is 13.8. The van der Waals surface area contributed by atoms with Crippen LogP contribution in [-0.4, -0.2) is 30.4 Å². The van der Waals surface area contributed by atoms with Gasteiger partial charge in [0.15, 0.2) is 17.2 Å². The van der Waals surface area contributed by atoms with Crippen molar-refractivity contribution in [2.75, 3.05) is 14.2 Å². The quantitative estimate of drug-likeness (QED) is 0.729. The lowest BCUT2D eigenvalue weighted by molar-refractivity contribution is 0.0467. The highest BCUT2D eigenvalue weighted by atomic mass is 16.5. The molecule has 24 heavy (non-hydrogen) atoms. The summed E-state index contributed by atoms with van der Waals surface area (Å²) in [6.07, 6.45) is 0. The highest BCUT2D eigenvalue weighted by Crippen LogP contribution is 2.30. The van der Waals surface area contributed by atoms with Crippen molar-refractivity contribution in [3.63, 3.8) is 0 Å². The van der Waals surface area contributed by atoms with Crippen molar-refractivity contribution in [3.05, 3.63) is 53.2 Å². The van der Waals surface area contributed by atoms with E-state index in [-0.39, 0.29) is 12.3 Å². The van der Waals surface area contributed by atoms with E-state index in [1.165, 1.54) is 0 Å². The highest BCUT2D eigenvalue weighted by molar-refractivity contribution is 6.01. The molecule has 0 amide bonds. The van der Waals surface area contributed by atoms with Gasteiger partial charge in [-0.1, -0.05) is 18.2 Å². The van der Waals surface area contributed by atoms with Crippen LogP contribution in [0.1, 0.15) is 21.6 Å². The maximum absolute atomic E-state index is 12.3. The molecule has 0 atom stereocenters. The maximum Gasteiger partial charge on any atom is 0.359 e. The predicted molar refractivity (Wildman–Crippen MR) is 89.5 cm³/mol. The third-order valence-corrected chi connectivity index (χ3v) is 3.86. The minimum absolute atomic E-state index is 0.131. The molecule has 6 heteroatoms. The molecule has 0 aliphatic carbocycles. The van der Waals surface area contributed by atoms with Gasteiger partial charge in [-0.05, 0) is 36.2 Å². The first-order valence-corrected chi connectivity index (χ1v) is 7.45. The van der Waals surface area contributed by atoms with Crippen molar-refractivity contribution in [2.45, 2.75) is 13.5 Å². The van der Waals surface area contributed by atoms with Crippen LogP contribution in [-0.2, 0) is 11.3 Å². The van der Waals surface area contributed by atoms with Gasteiger partial charge in [0, 0.05) is 5.39 Å². The van der Waals surface area contributed by atoms with E-state index in [0.29, 0.717) is 11.5 Å². The van der Waals surface area contributed by atoms with E-state index in [0.717, 1.165) is 22.0 Å². The maximum atomic E-state index is 12.3. The number of methoxy groups -OCH3 is 2. The van der Waals surface area contributed by atoms with Crippen molar-refractivity contribution < 1.29 is 19.0 Å². The molecule has 0 aliphatic heterocycles. The summed E-state index contributed by atoms with van der Waals surface area (Å²) in [5, 5.41) is 7.61. The van der Waals surface area contributed by atoms with Gasteiger partial charge in [-0.2, -0.15) is 5.10 Å². The number of ether oxygens (including phenoxy) is 3. The van der Waals surface area contributed by atoms with Crippen LogP contribution in [0.15, 0.2) is 36.4 Å². The van der Waals surface area contributed by atoms with Crippen LogP contribution in [0, 0.1) is 6.92 Å². The molecule has 0 bridgehead atoms. The van der Waals surface area contributed by atoms with Gasteiger partial charge >= 0.3 is 5.97 Å². The molecule has 1 aromatic heterocycles. The van der Waals surface area contributed by atoms with Gasteiger partial charge in [0.05, 0.1) is 19.7 Å². The van der Waals surface area contributed by atoms with Gasteiger partial charge in [-0.15, -0.1) is 0 Å². The Kier molecular flexibility index (Phi) is 4.37. The molecule has 0 fully saturated rings. The second-order valence-corrected chi connectivity index (χ2v) is 5.33. The Hall–Kier alpha value is -3.02. The summed E-state index contributed by atoms with van der Waals surface area (Å²) >= 11 is 0. The van der Waals surface area contributed by atoms with Gasteiger partial charge < -0.3 is 14.2 Å². The fourth-order valence-corrected chi connectivity index (χ4v) is 2.51. The predicted octanol–water partition coefficient (Wildman–Crippen LogP) is 3.25. The first-order valence-electron chi connectivity index (χ1n) is 7.45. The summed E-state index contributed by atoms with van der Waals surface area (Å²) in [4.78, 5) is 12.3. The molecule has 2 aromatic carbocycles. The zero-order chi connectivity index (χ0) is 17.1. The number of benzene rings is 2. The number of aromatic amines is 1. The molecule has 0 saturated heterocycles. The fourth-order valence-electron chi connectivity index (χ4n) is 2.51. The molecular formula is C18H18N2O4. The number of rotatable bonds is 5. The Morgan fingerprint density at radius 3 is 2.58 bits per heavy atom. The molecule has 0 saturated carbocycles. The van der Waals surface area contributed by atoms with Crippen molar-refractivity contribution in [1.29, 1.82) is 0 Å². The number of carbonyl (C=O) groups is 1. The zero-order valence-corrected chi connectivity index (χ0v) is 13.8. The van der Waals surface area contributed by atoms with Gasteiger partial charge in [0.2, 0.25) is 0 Å². The number of fused-ring (bicyclic) bond motifs is 1. The lowest BCUT2D eigenvalue weighted by Crippen LogP contribution is -2.07. The number of nitrogens with one attached hydrogen (secondary N) is 1. The van der Waals surface area contributed by atoms with E-state index in [2.05, 4.69) is 10.2 Å². The summed E-state index contributed by atoms with van der Waals surface area (Å²) in [5.74, 6) is 0.768. The Bertz CT molecular complexity index is 886. The monoisotopic (exact) mass is 326 g/mol. The van der Waals surface area contributed by atoms with Crippen LogP contribution in [0.4, 0.5) is 0 Å². The normalized spacial score (nSPS) is 10.6. The van der Waals surface area contributed by atoms with Gasteiger partial charge in [-0.3, -0.25) is 5.10 Å². The van der Waals surface area contributed by atoms with Crippen LogP contribution in [0.2, 0.25) is 0 Å². The first-order chi connectivity index (χ1) is 11.6. The summed E-state index contributed by atoms with van der Waals surface area (Å²) < 4.78 is 16.0. The number of para-hydroxylation sites is 1.